The molecular formula is C21H29N4O5+. The van der Waals surface area contributed by atoms with E-state index in [1.54, 1.807) is 24.3 Å². The molecule has 5 amide bonds. The standard InChI is InChI=1S/C21H28N4O5/c1-3-12-23(13-18(26)22-16-10-6-7-11-17(16)30-2)14-24-19(27)20(28)25(21(24)29)15-8-4-5-9-15/h6-7,10-11,15H,3-5,8-9,12-14H2,1-2H3,(H,22,26)/p+1. The van der Waals surface area contributed by atoms with Gasteiger partial charge in [-0.1, -0.05) is 31.9 Å². The maximum absolute atomic E-state index is 12.8. The third-order valence-corrected chi connectivity index (χ3v) is 5.55. The first kappa shape index (κ1) is 21.8. The summed E-state index contributed by atoms with van der Waals surface area (Å²) in [6.45, 7) is 2.58. The molecule has 30 heavy (non-hydrogen) atoms. The third-order valence-electron chi connectivity index (χ3n) is 5.55. The molecule has 1 saturated heterocycles. The van der Waals surface area contributed by atoms with Gasteiger partial charge in [0.1, 0.15) is 5.75 Å². The lowest BCUT2D eigenvalue weighted by molar-refractivity contribution is -0.899. The number of nitrogens with zero attached hydrogens (tertiary/aromatic N) is 2. The van der Waals surface area contributed by atoms with Crippen LogP contribution in [0.25, 0.3) is 0 Å². The van der Waals surface area contributed by atoms with Gasteiger partial charge in [-0.15, -0.1) is 0 Å². The molecule has 2 fully saturated rings. The predicted molar refractivity (Wildman–Crippen MR) is 109 cm³/mol. The van der Waals surface area contributed by atoms with Crippen LogP contribution in [0, 0.1) is 0 Å². The number of anilines is 1. The Morgan fingerprint density at radius 3 is 2.53 bits per heavy atom. The zero-order chi connectivity index (χ0) is 21.7. The van der Waals surface area contributed by atoms with Crippen LogP contribution in [0.5, 0.6) is 5.75 Å². The molecule has 1 atom stereocenters. The van der Waals surface area contributed by atoms with Crippen molar-refractivity contribution in [3.63, 3.8) is 0 Å². The van der Waals surface area contributed by atoms with Gasteiger partial charge in [-0.05, 0) is 31.4 Å². The SMILES string of the molecule is CCC[NH+](CC(=O)Nc1ccccc1OC)CN1C(=O)C(=O)N(C2CCCC2)C1=O. The highest BCUT2D eigenvalue weighted by Gasteiger charge is 2.49. The topological polar surface area (TPSA) is 100 Å². The number of amides is 5. The number of rotatable bonds is 9. The van der Waals surface area contributed by atoms with E-state index in [0.29, 0.717) is 18.0 Å². The number of ether oxygens (including phenoxy) is 1. The second-order valence-electron chi connectivity index (χ2n) is 7.71. The molecule has 2 aliphatic rings. The summed E-state index contributed by atoms with van der Waals surface area (Å²) < 4.78 is 5.24. The number of methoxy groups -OCH3 is 1. The van der Waals surface area contributed by atoms with Crippen LogP contribution < -0.4 is 15.0 Å². The Kier molecular flexibility index (Phi) is 7.04. The van der Waals surface area contributed by atoms with Gasteiger partial charge in [-0.3, -0.25) is 19.3 Å². The number of carbonyl (C=O) groups excluding carboxylic acids is 4. The summed E-state index contributed by atoms with van der Waals surface area (Å²) in [6.07, 6.45) is 4.14. The van der Waals surface area contributed by atoms with Crippen molar-refractivity contribution < 1.29 is 28.8 Å². The second-order valence-corrected chi connectivity index (χ2v) is 7.71. The summed E-state index contributed by atoms with van der Waals surface area (Å²) in [5.74, 6) is -1.27. The van der Waals surface area contributed by atoms with Crippen molar-refractivity contribution in [2.24, 2.45) is 0 Å². The highest BCUT2D eigenvalue weighted by atomic mass is 16.5. The van der Waals surface area contributed by atoms with Crippen molar-refractivity contribution in [3.05, 3.63) is 24.3 Å². The molecule has 1 unspecified atom stereocenters. The van der Waals surface area contributed by atoms with Crippen molar-refractivity contribution >= 4 is 29.4 Å². The largest absolute Gasteiger partial charge is 0.495 e. The third kappa shape index (κ3) is 4.62. The summed E-state index contributed by atoms with van der Waals surface area (Å²) in [5.41, 5.74) is 0.553. The summed E-state index contributed by atoms with van der Waals surface area (Å²) in [5, 5.41) is 2.81. The fourth-order valence-corrected chi connectivity index (χ4v) is 4.12. The molecule has 0 radical (unpaired) electrons. The van der Waals surface area contributed by atoms with E-state index in [0.717, 1.165) is 46.8 Å². The molecular weight excluding hydrogens is 388 g/mol. The number of carbonyl (C=O) groups is 4. The van der Waals surface area contributed by atoms with Crippen LogP contribution in [0.15, 0.2) is 24.3 Å². The van der Waals surface area contributed by atoms with Gasteiger partial charge in [-0.2, -0.15) is 0 Å². The van der Waals surface area contributed by atoms with E-state index in [2.05, 4.69) is 5.32 Å². The highest BCUT2D eigenvalue weighted by Crippen LogP contribution is 2.27. The van der Waals surface area contributed by atoms with Crippen LogP contribution in [0.2, 0.25) is 0 Å². The van der Waals surface area contributed by atoms with Crippen molar-refractivity contribution in [2.75, 3.05) is 32.2 Å². The first-order chi connectivity index (χ1) is 14.5. The van der Waals surface area contributed by atoms with Crippen LogP contribution in [0.1, 0.15) is 39.0 Å². The van der Waals surface area contributed by atoms with E-state index in [9.17, 15) is 19.2 Å². The first-order valence-electron chi connectivity index (χ1n) is 10.4. The molecule has 1 aromatic rings. The van der Waals surface area contributed by atoms with Crippen LogP contribution in [0.4, 0.5) is 10.5 Å². The quantitative estimate of drug-likeness (QED) is 0.453. The molecule has 3 rings (SSSR count). The normalized spacial score (nSPS) is 18.3. The fraction of sp³-hybridized carbons (Fsp3) is 0.524. The van der Waals surface area contributed by atoms with Crippen LogP contribution in [-0.2, 0) is 14.4 Å². The smallest absolute Gasteiger partial charge is 0.338 e. The zero-order valence-corrected chi connectivity index (χ0v) is 17.5. The fourth-order valence-electron chi connectivity index (χ4n) is 4.12. The van der Waals surface area contributed by atoms with Crippen molar-refractivity contribution in [2.45, 2.75) is 45.1 Å². The number of nitrogens with one attached hydrogen (secondary N) is 2. The molecule has 9 heteroatoms. The van der Waals surface area contributed by atoms with Gasteiger partial charge in [0.2, 0.25) is 0 Å². The first-order valence-corrected chi connectivity index (χ1v) is 10.4. The minimum atomic E-state index is -0.800. The van der Waals surface area contributed by atoms with E-state index in [1.807, 2.05) is 6.92 Å². The van der Waals surface area contributed by atoms with Gasteiger partial charge in [0.05, 0.1) is 19.3 Å². The number of imide groups is 2. The van der Waals surface area contributed by atoms with E-state index in [-0.39, 0.29) is 25.2 Å². The Bertz CT molecular complexity index is 821. The van der Waals surface area contributed by atoms with Crippen LogP contribution >= 0.6 is 0 Å². The molecule has 0 bridgehead atoms. The lowest BCUT2D eigenvalue weighted by Crippen LogP contribution is -3.14. The van der Waals surface area contributed by atoms with Crippen LogP contribution in [0.3, 0.4) is 0 Å². The lowest BCUT2D eigenvalue weighted by Gasteiger charge is -2.24. The number of quaternary nitrogens is 1. The van der Waals surface area contributed by atoms with Gasteiger partial charge >= 0.3 is 17.8 Å². The molecule has 9 nitrogen and oxygen atoms in total. The summed E-state index contributed by atoms with van der Waals surface area (Å²) in [6, 6.07) is 6.33. The highest BCUT2D eigenvalue weighted by molar-refractivity contribution is 6.44. The number of para-hydroxylation sites is 2. The van der Waals surface area contributed by atoms with E-state index in [1.165, 1.54) is 7.11 Å². The lowest BCUT2D eigenvalue weighted by atomic mass is 10.2. The Morgan fingerprint density at radius 1 is 1.17 bits per heavy atom. The monoisotopic (exact) mass is 417 g/mol. The molecule has 162 valence electrons. The summed E-state index contributed by atoms with van der Waals surface area (Å²) >= 11 is 0. The molecule has 1 heterocycles. The number of urea groups is 1. The summed E-state index contributed by atoms with van der Waals surface area (Å²) in [7, 11) is 1.53. The Balaban J connectivity index is 1.66. The molecule has 1 aromatic carbocycles. The average molecular weight is 417 g/mol. The van der Waals surface area contributed by atoms with Crippen molar-refractivity contribution in [3.8, 4) is 5.75 Å². The minimum Gasteiger partial charge on any atom is -0.495 e. The Labute approximate surface area is 175 Å². The van der Waals surface area contributed by atoms with Crippen LogP contribution in [-0.4, -0.2) is 66.5 Å². The van der Waals surface area contributed by atoms with E-state index in [4.69, 9.17) is 4.74 Å². The van der Waals surface area contributed by atoms with Crippen molar-refractivity contribution in [1.82, 2.24) is 9.80 Å². The van der Waals surface area contributed by atoms with Gasteiger partial charge in [0, 0.05) is 6.04 Å². The minimum absolute atomic E-state index is 0.0141. The van der Waals surface area contributed by atoms with E-state index < -0.39 is 17.8 Å². The molecule has 1 aliphatic carbocycles. The number of hydrogen-bond donors (Lipinski definition) is 2. The van der Waals surface area contributed by atoms with E-state index >= 15 is 0 Å². The second kappa shape index (κ2) is 9.71. The average Bonchev–Trinajstić information content (AvgIpc) is 3.32. The predicted octanol–water partition coefficient (Wildman–Crippen LogP) is 0.620. The van der Waals surface area contributed by atoms with Crippen molar-refractivity contribution in [1.29, 1.82) is 0 Å². The maximum Gasteiger partial charge on any atom is 0.338 e. The number of hydrogen-bond acceptors (Lipinski definition) is 5. The van der Waals surface area contributed by atoms with Gasteiger partial charge in [-0.25, -0.2) is 9.69 Å². The Morgan fingerprint density at radius 2 is 1.87 bits per heavy atom. The van der Waals surface area contributed by atoms with Gasteiger partial charge in [0.15, 0.2) is 13.2 Å². The molecule has 0 aromatic heterocycles. The molecule has 1 saturated carbocycles. The molecule has 2 N–H and O–H groups in total. The van der Waals surface area contributed by atoms with Gasteiger partial charge in [0.25, 0.3) is 5.91 Å². The maximum atomic E-state index is 12.8. The number of benzene rings is 1. The molecule has 1 aliphatic heterocycles. The molecule has 0 spiro atoms. The zero-order valence-electron chi connectivity index (χ0n) is 17.5. The van der Waals surface area contributed by atoms with Gasteiger partial charge < -0.3 is 15.0 Å². The summed E-state index contributed by atoms with van der Waals surface area (Å²) in [4.78, 5) is 53.1. The Hall–Kier alpha value is -2.94.